The van der Waals surface area contributed by atoms with Crippen LogP contribution < -0.4 is 10.5 Å². The van der Waals surface area contributed by atoms with Crippen molar-refractivity contribution in [2.75, 3.05) is 13.7 Å². The van der Waals surface area contributed by atoms with Crippen molar-refractivity contribution < 1.29 is 14.2 Å². The topological polar surface area (TPSA) is 55.5 Å². The van der Waals surface area contributed by atoms with Crippen molar-refractivity contribution in [3.05, 3.63) is 23.5 Å². The number of phenolic OH excluding ortho intramolecular Hbond substituents is 1. The van der Waals surface area contributed by atoms with Crippen molar-refractivity contribution in [2.45, 2.75) is 19.3 Å². The van der Waals surface area contributed by atoms with Crippen LogP contribution in [0.2, 0.25) is 0 Å². The summed E-state index contributed by atoms with van der Waals surface area (Å²) < 4.78 is 18.4. The Morgan fingerprint density at radius 1 is 1.40 bits per heavy atom. The maximum absolute atomic E-state index is 13.6. The van der Waals surface area contributed by atoms with Gasteiger partial charge in [-0.1, -0.05) is 6.07 Å². The molecule has 0 heterocycles. The molecule has 0 aliphatic rings. The summed E-state index contributed by atoms with van der Waals surface area (Å²) in [6, 6.07) is 3.02. The van der Waals surface area contributed by atoms with Gasteiger partial charge in [0.05, 0.1) is 7.11 Å². The van der Waals surface area contributed by atoms with E-state index in [1.54, 1.807) is 6.07 Å². The van der Waals surface area contributed by atoms with E-state index in [1.165, 1.54) is 13.2 Å². The number of ether oxygens (including phenoxy) is 1. The third kappa shape index (κ3) is 2.83. The van der Waals surface area contributed by atoms with Crippen LogP contribution in [-0.2, 0) is 6.42 Å². The Balaban J connectivity index is 2.80. The Hall–Kier alpha value is -1.29. The monoisotopic (exact) mass is 213 g/mol. The maximum Gasteiger partial charge on any atom is 0.196 e. The van der Waals surface area contributed by atoms with Gasteiger partial charge in [-0.2, -0.15) is 0 Å². The molecular formula is C11H16FNO2. The summed E-state index contributed by atoms with van der Waals surface area (Å²) in [5.74, 6) is -0.729. The van der Waals surface area contributed by atoms with Gasteiger partial charge in [0.1, 0.15) is 0 Å². The second kappa shape index (κ2) is 5.56. The van der Waals surface area contributed by atoms with Crippen molar-refractivity contribution >= 4 is 0 Å². The van der Waals surface area contributed by atoms with Gasteiger partial charge in [-0.25, -0.2) is 4.39 Å². The van der Waals surface area contributed by atoms with E-state index < -0.39 is 5.82 Å². The largest absolute Gasteiger partial charge is 0.504 e. The number of methoxy groups -OCH3 is 1. The number of unbranched alkanes of at least 4 members (excludes halogenated alkanes) is 1. The molecule has 0 fully saturated rings. The van der Waals surface area contributed by atoms with Crippen LogP contribution in [0.5, 0.6) is 11.5 Å². The summed E-state index contributed by atoms with van der Waals surface area (Å²) in [5, 5.41) is 9.30. The lowest BCUT2D eigenvalue weighted by atomic mass is 10.1. The molecule has 0 unspecified atom stereocenters. The molecular weight excluding hydrogens is 197 g/mol. The van der Waals surface area contributed by atoms with E-state index in [4.69, 9.17) is 10.5 Å². The minimum Gasteiger partial charge on any atom is -0.504 e. The maximum atomic E-state index is 13.6. The number of nitrogens with two attached hydrogens (primary N) is 1. The fourth-order valence-electron chi connectivity index (χ4n) is 1.43. The normalized spacial score (nSPS) is 10.3. The molecule has 0 spiro atoms. The Kier molecular flexibility index (Phi) is 4.37. The smallest absolute Gasteiger partial charge is 0.196 e. The van der Waals surface area contributed by atoms with Crippen LogP contribution in [0, 0.1) is 5.82 Å². The number of aromatic hydroxyl groups is 1. The van der Waals surface area contributed by atoms with Crippen LogP contribution >= 0.6 is 0 Å². The predicted molar refractivity (Wildman–Crippen MR) is 56.6 cm³/mol. The molecule has 0 atom stereocenters. The summed E-state index contributed by atoms with van der Waals surface area (Å²) in [6.07, 6.45) is 2.31. The molecule has 0 saturated heterocycles. The van der Waals surface area contributed by atoms with Crippen LogP contribution in [0.1, 0.15) is 18.4 Å². The molecule has 0 saturated carbocycles. The third-order valence-corrected chi connectivity index (χ3v) is 2.26. The fourth-order valence-corrected chi connectivity index (χ4v) is 1.43. The van der Waals surface area contributed by atoms with E-state index in [0.717, 1.165) is 12.8 Å². The zero-order chi connectivity index (χ0) is 11.3. The second-order valence-corrected chi connectivity index (χ2v) is 3.34. The van der Waals surface area contributed by atoms with Crippen LogP contribution in [0.15, 0.2) is 12.1 Å². The molecule has 0 bridgehead atoms. The van der Waals surface area contributed by atoms with E-state index >= 15 is 0 Å². The quantitative estimate of drug-likeness (QED) is 0.733. The van der Waals surface area contributed by atoms with Crippen molar-refractivity contribution in [1.82, 2.24) is 0 Å². The van der Waals surface area contributed by atoms with Gasteiger partial charge in [-0.3, -0.25) is 0 Å². The SMILES string of the molecule is COc1c(O)ccc(CCCCN)c1F. The molecule has 0 aliphatic heterocycles. The summed E-state index contributed by atoms with van der Waals surface area (Å²) in [7, 11) is 1.34. The molecule has 0 aromatic heterocycles. The summed E-state index contributed by atoms with van der Waals surface area (Å²) in [6.45, 7) is 0.608. The molecule has 0 aliphatic carbocycles. The van der Waals surface area contributed by atoms with Gasteiger partial charge in [-0.05, 0) is 37.4 Å². The minimum absolute atomic E-state index is 0.0831. The van der Waals surface area contributed by atoms with Gasteiger partial charge in [0.15, 0.2) is 17.3 Å². The molecule has 1 aromatic rings. The van der Waals surface area contributed by atoms with E-state index in [-0.39, 0.29) is 11.5 Å². The highest BCUT2D eigenvalue weighted by atomic mass is 19.1. The van der Waals surface area contributed by atoms with Gasteiger partial charge in [0, 0.05) is 0 Å². The van der Waals surface area contributed by atoms with E-state index in [1.807, 2.05) is 0 Å². The second-order valence-electron chi connectivity index (χ2n) is 3.34. The predicted octanol–water partition coefficient (Wildman–Crippen LogP) is 1.82. The van der Waals surface area contributed by atoms with Gasteiger partial charge in [0.2, 0.25) is 0 Å². The first-order chi connectivity index (χ1) is 7.20. The standard InChI is InChI=1S/C11H16FNO2/c1-15-11-9(14)6-5-8(10(11)12)4-2-3-7-13/h5-6,14H,2-4,7,13H2,1H3. The highest BCUT2D eigenvalue weighted by Crippen LogP contribution is 2.31. The lowest BCUT2D eigenvalue weighted by molar-refractivity contribution is 0.349. The lowest BCUT2D eigenvalue weighted by Crippen LogP contribution is -2.00. The van der Waals surface area contributed by atoms with Crippen molar-refractivity contribution in [3.8, 4) is 11.5 Å². The first-order valence-electron chi connectivity index (χ1n) is 4.95. The van der Waals surface area contributed by atoms with Crippen LogP contribution in [0.3, 0.4) is 0 Å². The third-order valence-electron chi connectivity index (χ3n) is 2.26. The average Bonchev–Trinajstić information content (AvgIpc) is 2.22. The highest BCUT2D eigenvalue weighted by molar-refractivity contribution is 5.43. The number of aryl methyl sites for hydroxylation is 1. The Bertz CT molecular complexity index is 329. The Labute approximate surface area is 88.7 Å². The van der Waals surface area contributed by atoms with Gasteiger partial charge in [-0.15, -0.1) is 0 Å². The van der Waals surface area contributed by atoms with Crippen molar-refractivity contribution in [1.29, 1.82) is 0 Å². The van der Waals surface area contributed by atoms with Crippen LogP contribution in [-0.4, -0.2) is 18.8 Å². The fraction of sp³-hybridized carbons (Fsp3) is 0.455. The molecule has 0 amide bonds. The van der Waals surface area contributed by atoms with E-state index in [0.29, 0.717) is 18.5 Å². The van der Waals surface area contributed by atoms with Gasteiger partial charge >= 0.3 is 0 Å². The number of halogens is 1. The first kappa shape index (κ1) is 11.8. The van der Waals surface area contributed by atoms with Crippen LogP contribution in [0.4, 0.5) is 4.39 Å². The molecule has 3 nitrogen and oxygen atoms in total. The molecule has 1 aromatic carbocycles. The van der Waals surface area contributed by atoms with Gasteiger partial charge in [0.25, 0.3) is 0 Å². The Morgan fingerprint density at radius 3 is 2.73 bits per heavy atom. The number of hydrogen-bond acceptors (Lipinski definition) is 3. The number of rotatable bonds is 5. The Morgan fingerprint density at radius 2 is 2.13 bits per heavy atom. The van der Waals surface area contributed by atoms with E-state index in [9.17, 15) is 9.50 Å². The summed E-state index contributed by atoms with van der Waals surface area (Å²) >= 11 is 0. The zero-order valence-corrected chi connectivity index (χ0v) is 8.79. The summed E-state index contributed by atoms with van der Waals surface area (Å²) in [4.78, 5) is 0. The highest BCUT2D eigenvalue weighted by Gasteiger charge is 2.12. The van der Waals surface area contributed by atoms with Crippen molar-refractivity contribution in [2.24, 2.45) is 5.73 Å². The van der Waals surface area contributed by atoms with Crippen molar-refractivity contribution in [3.63, 3.8) is 0 Å². The molecule has 3 N–H and O–H groups in total. The average molecular weight is 213 g/mol. The molecule has 0 radical (unpaired) electrons. The molecule has 4 heteroatoms. The number of benzene rings is 1. The van der Waals surface area contributed by atoms with Gasteiger partial charge < -0.3 is 15.6 Å². The van der Waals surface area contributed by atoms with E-state index in [2.05, 4.69) is 0 Å². The molecule has 15 heavy (non-hydrogen) atoms. The number of phenols is 1. The first-order valence-corrected chi connectivity index (χ1v) is 4.95. The number of hydrogen-bond donors (Lipinski definition) is 2. The van der Waals surface area contributed by atoms with Crippen LogP contribution in [0.25, 0.3) is 0 Å². The zero-order valence-electron chi connectivity index (χ0n) is 8.79. The lowest BCUT2D eigenvalue weighted by Gasteiger charge is -2.08. The molecule has 84 valence electrons. The summed E-state index contributed by atoms with van der Waals surface area (Å²) in [5.41, 5.74) is 5.91. The molecule has 1 rings (SSSR count). The minimum atomic E-state index is -0.477.